The number of ether oxygens (including phenoxy) is 1. The minimum absolute atomic E-state index is 0.245. The number of hydrogen-bond donors (Lipinski definition) is 1. The van der Waals surface area contributed by atoms with Crippen molar-refractivity contribution in [3.63, 3.8) is 0 Å². The first-order valence-electron chi connectivity index (χ1n) is 3.56. The van der Waals surface area contributed by atoms with Gasteiger partial charge in [-0.3, -0.25) is 4.79 Å². The van der Waals surface area contributed by atoms with Crippen molar-refractivity contribution in [3.05, 3.63) is 28.7 Å². The third kappa shape index (κ3) is 6.16. The molecule has 0 fully saturated rings. The fraction of sp³-hybridized carbons (Fsp3) is 0.222. The minimum Gasteiger partial charge on any atom is -0.507 e. The van der Waals surface area contributed by atoms with E-state index in [4.69, 9.17) is 5.11 Å². The fourth-order valence-electron chi connectivity index (χ4n) is 0.452. The summed E-state index contributed by atoms with van der Waals surface area (Å²) in [5.41, 5.74) is 0. The third-order valence-corrected chi connectivity index (χ3v) is 1.81. The maximum atomic E-state index is 9.59. The van der Waals surface area contributed by atoms with E-state index in [1.165, 1.54) is 14.0 Å². The molecule has 0 saturated heterocycles. The van der Waals surface area contributed by atoms with Crippen LogP contribution in [0.1, 0.15) is 6.92 Å². The van der Waals surface area contributed by atoms with Crippen molar-refractivity contribution in [1.82, 2.24) is 0 Å². The van der Waals surface area contributed by atoms with Crippen LogP contribution in [0.25, 0.3) is 0 Å². The lowest BCUT2D eigenvalue weighted by atomic mass is 10.3. The van der Waals surface area contributed by atoms with Gasteiger partial charge in [-0.05, 0) is 28.1 Å². The molecule has 1 aromatic rings. The van der Waals surface area contributed by atoms with Crippen LogP contribution in [0.15, 0.2) is 28.7 Å². The highest BCUT2D eigenvalue weighted by Crippen LogP contribution is 2.21. The topological polar surface area (TPSA) is 46.5 Å². The summed E-state index contributed by atoms with van der Waals surface area (Å²) in [5.74, 6) is 0.0394. The molecule has 0 spiro atoms. The molecule has 0 aliphatic carbocycles. The second-order valence-electron chi connectivity index (χ2n) is 2.15. The van der Waals surface area contributed by atoms with E-state index >= 15 is 0 Å². The van der Waals surface area contributed by atoms with Crippen molar-refractivity contribution in [2.45, 2.75) is 6.92 Å². The molecule has 0 aromatic heterocycles. The van der Waals surface area contributed by atoms with Gasteiger partial charge in [0.15, 0.2) is 0 Å². The molecule has 4 heteroatoms. The minimum atomic E-state index is -0.245. The highest BCUT2D eigenvalue weighted by Gasteiger charge is 1.89. The first-order valence-corrected chi connectivity index (χ1v) is 4.35. The Balaban J connectivity index is 0.000000252. The van der Waals surface area contributed by atoms with Crippen molar-refractivity contribution in [2.24, 2.45) is 0 Å². The van der Waals surface area contributed by atoms with Crippen molar-refractivity contribution < 1.29 is 14.6 Å². The van der Waals surface area contributed by atoms with E-state index in [0.717, 1.165) is 4.47 Å². The Labute approximate surface area is 85.5 Å². The second kappa shape index (κ2) is 6.48. The number of para-hydroxylation sites is 1. The van der Waals surface area contributed by atoms with Gasteiger partial charge in [0.05, 0.1) is 11.6 Å². The van der Waals surface area contributed by atoms with E-state index in [1.54, 1.807) is 18.2 Å². The lowest BCUT2D eigenvalue weighted by Gasteiger charge is -1.90. The Morgan fingerprint density at radius 1 is 1.46 bits per heavy atom. The molecule has 0 amide bonds. The monoisotopic (exact) mass is 246 g/mol. The molecular formula is C9H11BrO3. The van der Waals surface area contributed by atoms with Gasteiger partial charge in [-0.25, -0.2) is 0 Å². The zero-order valence-corrected chi connectivity index (χ0v) is 9.04. The number of carbonyl (C=O) groups excluding carboxylic acids is 1. The maximum absolute atomic E-state index is 9.59. The molecule has 0 heterocycles. The average Bonchev–Trinajstić information content (AvgIpc) is 2.11. The summed E-state index contributed by atoms with van der Waals surface area (Å²) < 4.78 is 4.85. The number of carbonyl (C=O) groups is 1. The van der Waals surface area contributed by atoms with Crippen LogP contribution in [0.3, 0.4) is 0 Å². The van der Waals surface area contributed by atoms with Gasteiger partial charge in [0.25, 0.3) is 0 Å². The van der Waals surface area contributed by atoms with E-state index in [0.29, 0.717) is 0 Å². The molecule has 0 radical (unpaired) electrons. The van der Waals surface area contributed by atoms with E-state index < -0.39 is 0 Å². The van der Waals surface area contributed by atoms with Gasteiger partial charge in [0.1, 0.15) is 5.75 Å². The Hall–Kier alpha value is -1.03. The van der Waals surface area contributed by atoms with Gasteiger partial charge in [-0.15, -0.1) is 0 Å². The molecule has 13 heavy (non-hydrogen) atoms. The van der Waals surface area contributed by atoms with Gasteiger partial charge in [-0.2, -0.15) is 0 Å². The third-order valence-electron chi connectivity index (χ3n) is 1.14. The molecule has 1 rings (SSSR count). The SMILES string of the molecule is COC(C)=O.Oc1ccccc1Br. The number of rotatable bonds is 0. The summed E-state index contributed by atoms with van der Waals surface area (Å²) >= 11 is 3.15. The zero-order chi connectivity index (χ0) is 10.3. The summed E-state index contributed by atoms with van der Waals surface area (Å²) in [6, 6.07) is 7.04. The Morgan fingerprint density at radius 3 is 2.15 bits per heavy atom. The summed E-state index contributed by atoms with van der Waals surface area (Å²) in [7, 11) is 1.35. The first kappa shape index (κ1) is 12.0. The molecule has 3 nitrogen and oxygen atoms in total. The predicted octanol–water partition coefficient (Wildman–Crippen LogP) is 2.33. The number of methoxy groups -OCH3 is 1. The zero-order valence-electron chi connectivity index (χ0n) is 7.45. The summed E-state index contributed by atoms with van der Waals surface area (Å²) in [6.45, 7) is 1.36. The van der Waals surface area contributed by atoms with Crippen LogP contribution < -0.4 is 0 Å². The lowest BCUT2D eigenvalue weighted by Crippen LogP contribution is -1.88. The molecule has 0 bridgehead atoms. The normalized spacial score (nSPS) is 8.23. The highest BCUT2D eigenvalue weighted by atomic mass is 79.9. The van der Waals surface area contributed by atoms with Crippen molar-refractivity contribution in [2.75, 3.05) is 7.11 Å². The average molecular weight is 247 g/mol. The van der Waals surface area contributed by atoms with E-state index in [-0.39, 0.29) is 11.7 Å². The number of phenols is 1. The Morgan fingerprint density at radius 2 is 1.92 bits per heavy atom. The molecule has 1 N–H and O–H groups in total. The summed E-state index contributed by atoms with van der Waals surface area (Å²) in [6.07, 6.45) is 0. The fourth-order valence-corrected chi connectivity index (χ4v) is 0.737. The van der Waals surface area contributed by atoms with Crippen molar-refractivity contribution >= 4 is 21.9 Å². The van der Waals surface area contributed by atoms with Crippen LogP contribution in [0.4, 0.5) is 0 Å². The second-order valence-corrected chi connectivity index (χ2v) is 3.00. The lowest BCUT2D eigenvalue weighted by molar-refractivity contribution is -0.137. The van der Waals surface area contributed by atoms with Crippen LogP contribution in [-0.4, -0.2) is 18.2 Å². The van der Waals surface area contributed by atoms with Crippen molar-refractivity contribution in [3.8, 4) is 5.75 Å². The van der Waals surface area contributed by atoms with E-state index in [1.807, 2.05) is 6.07 Å². The summed E-state index contributed by atoms with van der Waals surface area (Å²) in [5, 5.41) is 8.87. The van der Waals surface area contributed by atoms with Gasteiger partial charge in [0, 0.05) is 6.92 Å². The van der Waals surface area contributed by atoms with Crippen LogP contribution in [0.2, 0.25) is 0 Å². The number of phenolic OH excluding ortho intramolecular Hbond substituents is 1. The molecule has 0 saturated carbocycles. The number of benzene rings is 1. The van der Waals surface area contributed by atoms with Crippen LogP contribution >= 0.6 is 15.9 Å². The van der Waals surface area contributed by atoms with Crippen LogP contribution in [0.5, 0.6) is 5.75 Å². The molecular weight excluding hydrogens is 236 g/mol. The number of aromatic hydroxyl groups is 1. The maximum Gasteiger partial charge on any atom is 0.302 e. The molecule has 0 aliphatic heterocycles. The number of hydrogen-bond acceptors (Lipinski definition) is 3. The van der Waals surface area contributed by atoms with Gasteiger partial charge >= 0.3 is 5.97 Å². The molecule has 0 unspecified atom stereocenters. The first-order chi connectivity index (χ1) is 6.07. The Bertz CT molecular complexity index is 252. The highest BCUT2D eigenvalue weighted by molar-refractivity contribution is 9.10. The Kier molecular flexibility index (Phi) is 5.97. The molecule has 0 atom stereocenters. The van der Waals surface area contributed by atoms with Crippen molar-refractivity contribution in [1.29, 1.82) is 0 Å². The van der Waals surface area contributed by atoms with Gasteiger partial charge < -0.3 is 9.84 Å². The van der Waals surface area contributed by atoms with Gasteiger partial charge in [0.2, 0.25) is 0 Å². The summed E-state index contributed by atoms with van der Waals surface area (Å²) in [4.78, 5) is 9.59. The largest absolute Gasteiger partial charge is 0.507 e. The molecule has 0 aliphatic rings. The standard InChI is InChI=1S/C6H5BrO.C3H6O2/c7-5-3-1-2-4-6(5)8;1-3(4)5-2/h1-4,8H;1-2H3. The molecule has 1 aromatic carbocycles. The van der Waals surface area contributed by atoms with Crippen LogP contribution in [-0.2, 0) is 9.53 Å². The van der Waals surface area contributed by atoms with Gasteiger partial charge in [-0.1, -0.05) is 12.1 Å². The predicted molar refractivity (Wildman–Crippen MR) is 53.5 cm³/mol. The van der Waals surface area contributed by atoms with E-state index in [2.05, 4.69) is 20.7 Å². The molecule has 72 valence electrons. The quantitative estimate of drug-likeness (QED) is 0.715. The smallest absolute Gasteiger partial charge is 0.302 e. The van der Waals surface area contributed by atoms with E-state index in [9.17, 15) is 4.79 Å². The number of esters is 1. The number of halogens is 1. The van der Waals surface area contributed by atoms with Crippen LogP contribution in [0, 0.1) is 0 Å².